The van der Waals surface area contributed by atoms with Crippen molar-refractivity contribution in [1.82, 2.24) is 9.55 Å². The average molecular weight is 440 g/mol. The molecule has 5 aromatic rings. The van der Waals surface area contributed by atoms with Crippen LogP contribution in [0.5, 0.6) is 0 Å². The molecule has 0 spiro atoms. The Hall–Kier alpha value is -3.90. The van der Waals surface area contributed by atoms with Gasteiger partial charge in [0.2, 0.25) is 0 Å². The van der Waals surface area contributed by atoms with Gasteiger partial charge in [0.1, 0.15) is 5.82 Å². The topological polar surface area (TPSA) is 47.2 Å². The lowest BCUT2D eigenvalue weighted by molar-refractivity contribution is 0.0999. The SMILES string of the molecule is C=CCn1c(=NC(=O)c2cc(-c3ccccc3)nc3ccccc23)sc2cc(F)ccc21. The van der Waals surface area contributed by atoms with E-state index in [4.69, 9.17) is 4.98 Å². The van der Waals surface area contributed by atoms with Crippen LogP contribution in [0.15, 0.2) is 96.5 Å². The number of carbonyl (C=O) groups is 1. The molecule has 32 heavy (non-hydrogen) atoms. The van der Waals surface area contributed by atoms with Crippen LogP contribution in [-0.4, -0.2) is 15.5 Å². The van der Waals surface area contributed by atoms with Gasteiger partial charge in [-0.3, -0.25) is 4.79 Å². The molecule has 0 radical (unpaired) electrons. The quantitative estimate of drug-likeness (QED) is 0.323. The Balaban J connectivity index is 1.71. The van der Waals surface area contributed by atoms with E-state index in [1.165, 1.54) is 23.5 Å². The lowest BCUT2D eigenvalue weighted by Crippen LogP contribution is -2.16. The van der Waals surface area contributed by atoms with Gasteiger partial charge in [-0.25, -0.2) is 9.37 Å². The number of nitrogens with zero attached hydrogens (tertiary/aromatic N) is 3. The molecule has 1 amide bonds. The minimum atomic E-state index is -0.370. The molecule has 0 N–H and O–H groups in total. The second kappa shape index (κ2) is 8.32. The highest BCUT2D eigenvalue weighted by Crippen LogP contribution is 2.25. The average Bonchev–Trinajstić information content (AvgIpc) is 3.15. The zero-order valence-electron chi connectivity index (χ0n) is 17.0. The number of benzene rings is 3. The van der Waals surface area contributed by atoms with Crippen LogP contribution >= 0.6 is 11.3 Å². The van der Waals surface area contributed by atoms with E-state index in [0.717, 1.165) is 26.7 Å². The van der Waals surface area contributed by atoms with E-state index in [0.29, 0.717) is 22.6 Å². The zero-order valence-corrected chi connectivity index (χ0v) is 17.8. The second-order valence-electron chi connectivity index (χ2n) is 7.25. The van der Waals surface area contributed by atoms with Crippen molar-refractivity contribution in [2.75, 3.05) is 0 Å². The molecule has 0 saturated heterocycles. The summed E-state index contributed by atoms with van der Waals surface area (Å²) in [5.41, 5.74) is 3.65. The van der Waals surface area contributed by atoms with Crippen molar-refractivity contribution in [3.05, 3.63) is 108 Å². The van der Waals surface area contributed by atoms with E-state index in [1.807, 2.05) is 59.2 Å². The maximum atomic E-state index is 13.7. The van der Waals surface area contributed by atoms with Crippen molar-refractivity contribution in [1.29, 1.82) is 0 Å². The summed E-state index contributed by atoms with van der Waals surface area (Å²) in [6.45, 7) is 4.26. The van der Waals surface area contributed by atoms with Crippen molar-refractivity contribution < 1.29 is 9.18 Å². The van der Waals surface area contributed by atoms with Crippen LogP contribution in [0.1, 0.15) is 10.4 Å². The lowest BCUT2D eigenvalue weighted by atomic mass is 10.0. The van der Waals surface area contributed by atoms with Crippen LogP contribution in [0.4, 0.5) is 4.39 Å². The Morgan fingerprint density at radius 2 is 1.84 bits per heavy atom. The van der Waals surface area contributed by atoms with Crippen LogP contribution in [0.2, 0.25) is 0 Å². The lowest BCUT2D eigenvalue weighted by Gasteiger charge is -2.07. The highest BCUT2D eigenvalue weighted by molar-refractivity contribution is 7.16. The number of hydrogen-bond acceptors (Lipinski definition) is 3. The smallest absolute Gasteiger partial charge is 0.280 e. The number of rotatable bonds is 4. The fourth-order valence-electron chi connectivity index (χ4n) is 3.69. The molecule has 6 heteroatoms. The molecule has 3 aromatic carbocycles. The number of halogens is 1. The van der Waals surface area contributed by atoms with E-state index in [-0.39, 0.29) is 11.7 Å². The first-order valence-corrected chi connectivity index (χ1v) is 10.9. The van der Waals surface area contributed by atoms with E-state index < -0.39 is 0 Å². The van der Waals surface area contributed by atoms with E-state index >= 15 is 0 Å². The second-order valence-corrected chi connectivity index (χ2v) is 8.26. The third-order valence-corrected chi connectivity index (χ3v) is 6.21. The fraction of sp³-hybridized carbons (Fsp3) is 0.0385. The van der Waals surface area contributed by atoms with Gasteiger partial charge in [-0.2, -0.15) is 4.99 Å². The molecule has 0 aliphatic heterocycles. The van der Waals surface area contributed by atoms with Crippen molar-refractivity contribution in [3.8, 4) is 11.3 Å². The number of pyridine rings is 1. The minimum Gasteiger partial charge on any atom is -0.312 e. The summed E-state index contributed by atoms with van der Waals surface area (Å²) in [4.78, 5) is 23.1. The molecule has 156 valence electrons. The summed E-state index contributed by atoms with van der Waals surface area (Å²) in [6, 6.07) is 23.6. The van der Waals surface area contributed by atoms with Gasteiger partial charge in [-0.05, 0) is 30.3 Å². The van der Waals surface area contributed by atoms with Gasteiger partial charge in [-0.15, -0.1) is 6.58 Å². The van der Waals surface area contributed by atoms with Crippen molar-refractivity contribution >= 4 is 38.4 Å². The standard InChI is InChI=1S/C26H18FN3OS/c1-2-14-30-23-13-12-18(27)15-24(23)32-26(30)29-25(31)20-16-22(17-8-4-3-5-9-17)28-21-11-7-6-10-19(20)21/h2-13,15-16H,1,14H2. The van der Waals surface area contributed by atoms with Crippen molar-refractivity contribution in [3.63, 3.8) is 0 Å². The number of para-hydroxylation sites is 1. The van der Waals surface area contributed by atoms with Gasteiger partial charge in [-0.1, -0.05) is 65.9 Å². The first-order chi connectivity index (χ1) is 15.6. The Morgan fingerprint density at radius 1 is 1.06 bits per heavy atom. The largest absolute Gasteiger partial charge is 0.312 e. The van der Waals surface area contributed by atoms with Gasteiger partial charge in [0.25, 0.3) is 5.91 Å². The van der Waals surface area contributed by atoms with E-state index in [2.05, 4.69) is 11.6 Å². The minimum absolute atomic E-state index is 0.324. The maximum Gasteiger partial charge on any atom is 0.280 e. The molecule has 0 saturated carbocycles. The Morgan fingerprint density at radius 3 is 2.66 bits per heavy atom. The van der Waals surface area contributed by atoms with Gasteiger partial charge in [0, 0.05) is 17.5 Å². The number of amides is 1. The first kappa shape index (κ1) is 20.0. The zero-order chi connectivity index (χ0) is 22.1. The van der Waals surface area contributed by atoms with Crippen LogP contribution < -0.4 is 4.80 Å². The maximum absolute atomic E-state index is 13.7. The van der Waals surface area contributed by atoms with E-state index in [1.54, 1.807) is 18.2 Å². The fourth-order valence-corrected chi connectivity index (χ4v) is 4.76. The van der Waals surface area contributed by atoms with Gasteiger partial charge in [0.15, 0.2) is 4.80 Å². The molecule has 4 nitrogen and oxygen atoms in total. The Labute approximate surface area is 187 Å². The highest BCUT2D eigenvalue weighted by atomic mass is 32.1. The number of carbonyl (C=O) groups excluding carboxylic acids is 1. The number of aromatic nitrogens is 2. The number of fused-ring (bicyclic) bond motifs is 2. The summed E-state index contributed by atoms with van der Waals surface area (Å²) < 4.78 is 16.3. The molecular weight excluding hydrogens is 421 g/mol. The third-order valence-electron chi connectivity index (χ3n) is 5.17. The predicted molar refractivity (Wildman–Crippen MR) is 127 cm³/mol. The van der Waals surface area contributed by atoms with Crippen molar-refractivity contribution in [2.24, 2.45) is 4.99 Å². The normalized spacial score (nSPS) is 11.8. The van der Waals surface area contributed by atoms with Crippen molar-refractivity contribution in [2.45, 2.75) is 6.54 Å². The van der Waals surface area contributed by atoms with Gasteiger partial charge in [0.05, 0.1) is 27.0 Å². The Kier molecular flexibility index (Phi) is 5.21. The molecule has 2 aromatic heterocycles. The number of hydrogen-bond donors (Lipinski definition) is 0. The van der Waals surface area contributed by atoms with E-state index in [9.17, 15) is 9.18 Å². The predicted octanol–water partition coefficient (Wildman–Crippen LogP) is 5.98. The van der Waals surface area contributed by atoms with Gasteiger partial charge >= 0.3 is 0 Å². The summed E-state index contributed by atoms with van der Waals surface area (Å²) in [7, 11) is 0. The molecule has 0 unspecified atom stereocenters. The molecular formula is C26H18FN3OS. The number of allylic oxidation sites excluding steroid dienone is 1. The molecule has 2 heterocycles. The molecule has 5 rings (SSSR count). The Bertz CT molecular complexity index is 1550. The molecule has 0 bridgehead atoms. The van der Waals surface area contributed by atoms with Crippen LogP contribution in [0, 0.1) is 5.82 Å². The summed E-state index contributed by atoms with van der Waals surface area (Å²) in [5.74, 6) is -0.694. The van der Waals surface area contributed by atoms with Crippen LogP contribution in [-0.2, 0) is 6.54 Å². The third kappa shape index (κ3) is 3.65. The summed E-state index contributed by atoms with van der Waals surface area (Å²) in [6.07, 6.45) is 1.73. The van der Waals surface area contributed by atoms with Gasteiger partial charge < -0.3 is 4.57 Å². The molecule has 0 aliphatic carbocycles. The first-order valence-electron chi connectivity index (χ1n) is 10.1. The molecule has 0 atom stereocenters. The number of thiazole rings is 1. The monoisotopic (exact) mass is 439 g/mol. The molecule has 0 aliphatic rings. The summed E-state index contributed by atoms with van der Waals surface area (Å²) >= 11 is 1.28. The molecule has 0 fully saturated rings. The van der Waals surface area contributed by atoms with Crippen LogP contribution in [0.3, 0.4) is 0 Å². The van der Waals surface area contributed by atoms with Crippen LogP contribution in [0.25, 0.3) is 32.4 Å². The highest BCUT2D eigenvalue weighted by Gasteiger charge is 2.15. The summed E-state index contributed by atoms with van der Waals surface area (Å²) in [5, 5.41) is 0.739.